The van der Waals surface area contributed by atoms with E-state index in [-0.39, 0.29) is 23.1 Å². The van der Waals surface area contributed by atoms with Crippen LogP contribution in [0.2, 0.25) is 0 Å². The van der Waals surface area contributed by atoms with Crippen LogP contribution in [0.3, 0.4) is 0 Å². The monoisotopic (exact) mass is 396 g/mol. The van der Waals surface area contributed by atoms with Gasteiger partial charge in [-0.3, -0.25) is 14.6 Å². The van der Waals surface area contributed by atoms with Gasteiger partial charge in [-0.15, -0.1) is 0 Å². The second-order valence-corrected chi connectivity index (χ2v) is 8.63. The van der Waals surface area contributed by atoms with Crippen molar-refractivity contribution in [1.82, 2.24) is 19.9 Å². The van der Waals surface area contributed by atoms with Gasteiger partial charge in [0.05, 0.1) is 12.2 Å². The van der Waals surface area contributed by atoms with Gasteiger partial charge in [-0.05, 0) is 36.8 Å². The Labute approximate surface area is 171 Å². The summed E-state index contributed by atoms with van der Waals surface area (Å²) < 4.78 is 5.28. The molecular formula is C22H28N4O3. The molecule has 4 rings (SSSR count). The van der Waals surface area contributed by atoms with Crippen molar-refractivity contribution < 1.29 is 14.1 Å². The summed E-state index contributed by atoms with van der Waals surface area (Å²) in [7, 11) is 0. The number of amides is 2. The number of carbonyl (C=O) groups excluding carboxylic acids is 2. The van der Waals surface area contributed by atoms with Crippen molar-refractivity contribution >= 4 is 11.8 Å². The Morgan fingerprint density at radius 3 is 2.69 bits per heavy atom. The first kappa shape index (κ1) is 19.6. The molecule has 0 N–H and O–H groups in total. The zero-order valence-electron chi connectivity index (χ0n) is 17.1. The molecule has 0 unspecified atom stereocenters. The van der Waals surface area contributed by atoms with E-state index in [9.17, 15) is 9.59 Å². The molecule has 2 amide bonds. The van der Waals surface area contributed by atoms with Crippen LogP contribution >= 0.6 is 0 Å². The highest BCUT2D eigenvalue weighted by molar-refractivity contribution is 5.92. The second kappa shape index (κ2) is 7.97. The fourth-order valence-corrected chi connectivity index (χ4v) is 4.35. The number of likely N-dealkylation sites (tertiary alicyclic amines) is 2. The number of hydrogen-bond donors (Lipinski definition) is 0. The molecule has 2 aliphatic rings. The molecule has 0 aromatic carbocycles. The van der Waals surface area contributed by atoms with Crippen LogP contribution in [0.5, 0.6) is 0 Å². The van der Waals surface area contributed by atoms with Crippen LogP contribution in [0.15, 0.2) is 35.0 Å². The van der Waals surface area contributed by atoms with E-state index in [1.54, 1.807) is 12.3 Å². The molecule has 0 saturated carbocycles. The lowest BCUT2D eigenvalue weighted by Crippen LogP contribution is -2.52. The van der Waals surface area contributed by atoms with Crippen molar-refractivity contribution in [3.05, 3.63) is 47.6 Å². The van der Waals surface area contributed by atoms with Gasteiger partial charge in [-0.2, -0.15) is 0 Å². The van der Waals surface area contributed by atoms with Gasteiger partial charge < -0.3 is 14.3 Å². The third kappa shape index (κ3) is 4.18. The van der Waals surface area contributed by atoms with Crippen molar-refractivity contribution in [2.75, 3.05) is 19.6 Å². The molecule has 0 aliphatic carbocycles. The minimum absolute atomic E-state index is 0.0623. The van der Waals surface area contributed by atoms with Gasteiger partial charge in [0.15, 0.2) is 5.69 Å². The fraction of sp³-hybridized carbons (Fsp3) is 0.545. The molecule has 0 atom stereocenters. The first-order chi connectivity index (χ1) is 14.0. The molecule has 2 aliphatic heterocycles. The Kier molecular flexibility index (Phi) is 5.39. The lowest BCUT2D eigenvalue weighted by atomic mass is 9.72. The van der Waals surface area contributed by atoms with Crippen LogP contribution in [-0.4, -0.2) is 51.4 Å². The van der Waals surface area contributed by atoms with E-state index in [0.717, 1.165) is 37.3 Å². The van der Waals surface area contributed by atoms with E-state index in [1.807, 2.05) is 41.8 Å². The molecule has 2 saturated heterocycles. The summed E-state index contributed by atoms with van der Waals surface area (Å²) in [6.45, 7) is 6.70. The first-order valence-corrected chi connectivity index (χ1v) is 10.4. The summed E-state index contributed by atoms with van der Waals surface area (Å²) in [5, 5.41) is 3.96. The normalized spacial score (nSPS) is 19.2. The predicted molar refractivity (Wildman–Crippen MR) is 107 cm³/mol. The van der Waals surface area contributed by atoms with Crippen LogP contribution < -0.4 is 0 Å². The molecule has 7 nitrogen and oxygen atoms in total. The Balaban J connectivity index is 1.38. The summed E-state index contributed by atoms with van der Waals surface area (Å²) in [5.74, 6) is 1.08. The van der Waals surface area contributed by atoms with Gasteiger partial charge in [-0.1, -0.05) is 25.1 Å². The maximum absolute atomic E-state index is 12.8. The summed E-state index contributed by atoms with van der Waals surface area (Å²) in [6, 6.07) is 7.55. The molecule has 7 heteroatoms. The summed E-state index contributed by atoms with van der Waals surface area (Å²) >= 11 is 0. The van der Waals surface area contributed by atoms with Crippen molar-refractivity contribution in [3.63, 3.8) is 0 Å². The number of carbonyl (C=O) groups is 2. The average molecular weight is 396 g/mol. The molecule has 2 aromatic rings. The van der Waals surface area contributed by atoms with Crippen LogP contribution in [0.4, 0.5) is 0 Å². The quantitative estimate of drug-likeness (QED) is 0.793. The van der Waals surface area contributed by atoms with Crippen molar-refractivity contribution in [2.45, 2.75) is 52.0 Å². The molecule has 2 aromatic heterocycles. The van der Waals surface area contributed by atoms with E-state index in [2.05, 4.69) is 10.1 Å². The van der Waals surface area contributed by atoms with E-state index in [1.165, 1.54) is 0 Å². The molecule has 1 spiro atoms. The van der Waals surface area contributed by atoms with Gasteiger partial charge >= 0.3 is 0 Å². The predicted octanol–water partition coefficient (Wildman–Crippen LogP) is 3.24. The Hall–Kier alpha value is -2.70. The van der Waals surface area contributed by atoms with E-state index in [4.69, 9.17) is 4.52 Å². The Bertz CT molecular complexity index is 869. The van der Waals surface area contributed by atoms with Crippen LogP contribution in [-0.2, 0) is 11.3 Å². The first-order valence-electron chi connectivity index (χ1n) is 10.4. The minimum Gasteiger partial charge on any atom is -0.360 e. The van der Waals surface area contributed by atoms with Crippen molar-refractivity contribution in [2.24, 2.45) is 5.41 Å². The molecular weight excluding hydrogens is 368 g/mol. The average Bonchev–Trinajstić information content (AvgIpc) is 3.23. The summed E-state index contributed by atoms with van der Waals surface area (Å²) in [4.78, 5) is 33.4. The van der Waals surface area contributed by atoms with Gasteiger partial charge in [0.1, 0.15) is 5.76 Å². The number of aromatic nitrogens is 2. The van der Waals surface area contributed by atoms with E-state index >= 15 is 0 Å². The zero-order valence-corrected chi connectivity index (χ0v) is 17.1. The number of nitrogens with zero attached hydrogens (tertiary/aromatic N) is 4. The van der Waals surface area contributed by atoms with Crippen molar-refractivity contribution in [3.8, 4) is 0 Å². The largest absolute Gasteiger partial charge is 0.360 e. The molecule has 29 heavy (non-hydrogen) atoms. The van der Waals surface area contributed by atoms with E-state index < -0.39 is 0 Å². The summed E-state index contributed by atoms with van der Waals surface area (Å²) in [6.07, 6.45) is 5.04. The maximum atomic E-state index is 12.8. The molecule has 0 radical (unpaired) electrons. The number of rotatable bonds is 4. The Morgan fingerprint density at radius 2 is 2.03 bits per heavy atom. The van der Waals surface area contributed by atoms with Gasteiger partial charge in [-0.25, -0.2) is 0 Å². The van der Waals surface area contributed by atoms with Gasteiger partial charge in [0, 0.05) is 44.2 Å². The van der Waals surface area contributed by atoms with E-state index in [0.29, 0.717) is 31.7 Å². The van der Waals surface area contributed by atoms with Crippen molar-refractivity contribution in [1.29, 1.82) is 0 Å². The molecule has 2 fully saturated rings. The Morgan fingerprint density at radius 1 is 1.24 bits per heavy atom. The highest BCUT2D eigenvalue weighted by atomic mass is 16.5. The molecule has 4 heterocycles. The zero-order chi connectivity index (χ0) is 20.4. The number of piperidine rings is 2. The smallest absolute Gasteiger partial charge is 0.276 e. The highest BCUT2D eigenvalue weighted by Crippen LogP contribution is 2.40. The summed E-state index contributed by atoms with van der Waals surface area (Å²) in [5.41, 5.74) is 1.39. The fourth-order valence-electron chi connectivity index (χ4n) is 4.35. The topological polar surface area (TPSA) is 79.5 Å². The third-order valence-electron chi connectivity index (χ3n) is 6.26. The van der Waals surface area contributed by atoms with Gasteiger partial charge in [0.25, 0.3) is 5.91 Å². The molecule has 0 bridgehead atoms. The van der Waals surface area contributed by atoms with Gasteiger partial charge in [0.2, 0.25) is 5.91 Å². The number of pyridine rings is 1. The standard InChI is InChI=1S/C22H28N4O3/c1-16(2)19-13-18(24-29-19)21(28)25-11-8-22(9-12-25)7-6-20(27)26(15-22)14-17-5-3-4-10-23-17/h3-5,10,13,16H,6-9,11-12,14-15H2,1-2H3. The lowest BCUT2D eigenvalue weighted by Gasteiger charge is -2.47. The minimum atomic E-state index is -0.0623. The number of hydrogen-bond acceptors (Lipinski definition) is 5. The molecule has 154 valence electrons. The van der Waals surface area contributed by atoms with Crippen LogP contribution in [0, 0.1) is 5.41 Å². The SMILES string of the molecule is CC(C)c1cc(C(=O)N2CCC3(CCC(=O)N(Cc4ccccn4)C3)CC2)no1. The maximum Gasteiger partial charge on any atom is 0.276 e. The lowest BCUT2D eigenvalue weighted by molar-refractivity contribution is -0.139. The third-order valence-corrected chi connectivity index (χ3v) is 6.26. The van der Waals surface area contributed by atoms with Crippen LogP contribution in [0.25, 0.3) is 0 Å². The van der Waals surface area contributed by atoms with Crippen LogP contribution in [0.1, 0.15) is 67.4 Å². The second-order valence-electron chi connectivity index (χ2n) is 8.63. The highest BCUT2D eigenvalue weighted by Gasteiger charge is 2.42.